The van der Waals surface area contributed by atoms with Crippen molar-refractivity contribution in [1.82, 2.24) is 0 Å². The van der Waals surface area contributed by atoms with E-state index in [0.29, 0.717) is 29.4 Å². The van der Waals surface area contributed by atoms with Crippen molar-refractivity contribution in [3.05, 3.63) is 65.2 Å². The summed E-state index contributed by atoms with van der Waals surface area (Å²) in [5, 5.41) is 3.65. The van der Waals surface area contributed by atoms with Crippen LogP contribution in [-0.4, -0.2) is 39.8 Å². The average molecular weight is 500 g/mol. The number of hydrogen-bond donors (Lipinski definition) is 0. The van der Waals surface area contributed by atoms with Crippen molar-refractivity contribution in [2.24, 2.45) is 0 Å². The number of methoxy groups -OCH3 is 2. The fourth-order valence-electron chi connectivity index (χ4n) is 5.34. The zero-order chi connectivity index (χ0) is 26.3. The number of hydrogen-bond acceptors (Lipinski definition) is 7. The van der Waals surface area contributed by atoms with Crippen LogP contribution in [0.2, 0.25) is 0 Å². The smallest absolute Gasteiger partial charge is 0.308 e. The van der Waals surface area contributed by atoms with Gasteiger partial charge in [0.05, 0.1) is 14.2 Å². The van der Waals surface area contributed by atoms with E-state index in [0.717, 1.165) is 56.9 Å². The predicted molar refractivity (Wildman–Crippen MR) is 143 cm³/mol. The monoisotopic (exact) mass is 499 g/mol. The fourth-order valence-corrected chi connectivity index (χ4v) is 5.34. The van der Waals surface area contributed by atoms with Crippen molar-refractivity contribution in [2.75, 3.05) is 32.7 Å². The predicted octanol–water partition coefficient (Wildman–Crippen LogP) is 5.44. The number of likely N-dealkylation sites (N-methyl/N-ethyl adjacent to an activating group) is 1. The third kappa shape index (κ3) is 4.31. The Morgan fingerprint density at radius 3 is 2.16 bits per heavy atom. The number of benzene rings is 4. The Labute approximate surface area is 215 Å². The Morgan fingerprint density at radius 1 is 0.838 bits per heavy atom. The van der Waals surface area contributed by atoms with Crippen molar-refractivity contribution in [3.8, 4) is 23.0 Å². The third-order valence-electron chi connectivity index (χ3n) is 6.78. The molecule has 0 radical (unpaired) electrons. The van der Waals surface area contributed by atoms with Crippen LogP contribution in [0.15, 0.2) is 48.5 Å². The second kappa shape index (κ2) is 9.65. The largest absolute Gasteiger partial charge is 0.493 e. The van der Waals surface area contributed by atoms with E-state index < -0.39 is 11.9 Å². The molecule has 0 bridgehead atoms. The van der Waals surface area contributed by atoms with E-state index in [1.807, 2.05) is 36.4 Å². The molecule has 37 heavy (non-hydrogen) atoms. The number of anilines is 1. The highest BCUT2D eigenvalue weighted by molar-refractivity contribution is 6.20. The van der Waals surface area contributed by atoms with E-state index in [9.17, 15) is 9.59 Å². The van der Waals surface area contributed by atoms with Crippen LogP contribution in [0.5, 0.6) is 23.0 Å². The number of ether oxygens (including phenoxy) is 4. The van der Waals surface area contributed by atoms with Crippen LogP contribution < -0.4 is 23.8 Å². The maximum atomic E-state index is 12.0. The van der Waals surface area contributed by atoms with Crippen LogP contribution in [0.25, 0.3) is 21.5 Å². The molecule has 0 unspecified atom stereocenters. The summed E-state index contributed by atoms with van der Waals surface area (Å²) in [6.07, 6.45) is 1.46. The van der Waals surface area contributed by atoms with Crippen LogP contribution in [0, 0.1) is 0 Å². The summed E-state index contributed by atoms with van der Waals surface area (Å²) in [7, 11) is 5.20. The summed E-state index contributed by atoms with van der Waals surface area (Å²) in [6.45, 7) is 3.55. The zero-order valence-electron chi connectivity index (χ0n) is 21.6. The van der Waals surface area contributed by atoms with Crippen molar-refractivity contribution in [2.45, 2.75) is 26.7 Å². The van der Waals surface area contributed by atoms with E-state index in [-0.39, 0.29) is 0 Å². The highest BCUT2D eigenvalue weighted by Crippen LogP contribution is 2.51. The first kappa shape index (κ1) is 24.4. The lowest BCUT2D eigenvalue weighted by Gasteiger charge is -2.33. The van der Waals surface area contributed by atoms with Gasteiger partial charge in [-0.3, -0.25) is 9.59 Å². The molecule has 7 heteroatoms. The van der Waals surface area contributed by atoms with Gasteiger partial charge < -0.3 is 23.8 Å². The first-order chi connectivity index (χ1) is 17.8. The Morgan fingerprint density at radius 2 is 1.51 bits per heavy atom. The van der Waals surface area contributed by atoms with Gasteiger partial charge >= 0.3 is 11.9 Å². The molecule has 0 amide bonds. The van der Waals surface area contributed by atoms with E-state index in [1.54, 1.807) is 14.2 Å². The number of carbonyl (C=O) groups excluding carboxylic acids is 2. The molecule has 190 valence electrons. The molecule has 5 rings (SSSR count). The molecule has 0 atom stereocenters. The molecule has 0 aromatic heterocycles. The summed E-state index contributed by atoms with van der Waals surface area (Å²) < 4.78 is 22.7. The van der Waals surface area contributed by atoms with Crippen LogP contribution in [0.4, 0.5) is 5.69 Å². The number of rotatable bonds is 6. The molecule has 0 fully saturated rings. The minimum Gasteiger partial charge on any atom is -0.493 e. The standard InChI is InChI=1S/C30H29NO6/c1-17(32)36-25-15-21-22(16-24(25)34-4)28-27-20(14-26(30(28)35-5)37-18(2)33)11-12-31(3)29(27)23(21)13-19-9-7-6-8-10-19/h6-10,14-16H,11-13H2,1-5H3. The van der Waals surface area contributed by atoms with Crippen LogP contribution >= 0.6 is 0 Å². The van der Waals surface area contributed by atoms with E-state index in [4.69, 9.17) is 18.9 Å². The van der Waals surface area contributed by atoms with Crippen molar-refractivity contribution >= 4 is 39.2 Å². The van der Waals surface area contributed by atoms with Gasteiger partial charge in [-0.2, -0.15) is 0 Å². The lowest BCUT2D eigenvalue weighted by atomic mass is 9.85. The first-order valence-electron chi connectivity index (χ1n) is 12.1. The van der Waals surface area contributed by atoms with E-state index in [1.165, 1.54) is 13.8 Å². The van der Waals surface area contributed by atoms with Gasteiger partial charge in [0, 0.05) is 50.3 Å². The quantitative estimate of drug-likeness (QED) is 0.199. The molecule has 0 spiro atoms. The third-order valence-corrected chi connectivity index (χ3v) is 6.78. The van der Waals surface area contributed by atoms with Crippen molar-refractivity contribution in [1.29, 1.82) is 0 Å². The normalized spacial score (nSPS) is 12.5. The number of esters is 2. The minimum absolute atomic E-state index is 0.345. The number of fused-ring (bicyclic) bond motifs is 2. The minimum atomic E-state index is -0.432. The van der Waals surface area contributed by atoms with Crippen LogP contribution in [0.3, 0.4) is 0 Å². The van der Waals surface area contributed by atoms with Gasteiger partial charge in [-0.25, -0.2) is 0 Å². The summed E-state index contributed by atoms with van der Waals surface area (Å²) in [5.41, 5.74) is 4.43. The van der Waals surface area contributed by atoms with Gasteiger partial charge in [-0.1, -0.05) is 30.3 Å². The topological polar surface area (TPSA) is 74.3 Å². The fraction of sp³-hybridized carbons (Fsp3) is 0.267. The molecular formula is C30H29NO6. The first-order valence-corrected chi connectivity index (χ1v) is 12.1. The number of carbonyl (C=O) groups is 2. The Bertz CT molecular complexity index is 1540. The molecular weight excluding hydrogens is 470 g/mol. The highest BCUT2D eigenvalue weighted by Gasteiger charge is 2.29. The molecule has 4 aromatic carbocycles. The van der Waals surface area contributed by atoms with Gasteiger partial charge in [-0.15, -0.1) is 0 Å². The molecule has 4 aromatic rings. The van der Waals surface area contributed by atoms with Crippen molar-refractivity contribution in [3.63, 3.8) is 0 Å². The molecule has 0 aliphatic carbocycles. The van der Waals surface area contributed by atoms with Crippen LogP contribution in [0.1, 0.15) is 30.5 Å². The molecule has 7 nitrogen and oxygen atoms in total. The molecule has 1 aliphatic rings. The van der Waals surface area contributed by atoms with E-state index >= 15 is 0 Å². The summed E-state index contributed by atoms with van der Waals surface area (Å²) in [5.74, 6) is 0.778. The van der Waals surface area contributed by atoms with Gasteiger partial charge in [0.25, 0.3) is 0 Å². The second-order valence-electron chi connectivity index (χ2n) is 9.21. The van der Waals surface area contributed by atoms with Gasteiger partial charge in [0.2, 0.25) is 0 Å². The van der Waals surface area contributed by atoms with Gasteiger partial charge in [-0.05, 0) is 52.1 Å². The van der Waals surface area contributed by atoms with Gasteiger partial charge in [0.15, 0.2) is 23.0 Å². The zero-order valence-corrected chi connectivity index (χ0v) is 21.6. The maximum Gasteiger partial charge on any atom is 0.308 e. The summed E-state index contributed by atoms with van der Waals surface area (Å²) >= 11 is 0. The SMILES string of the molecule is COc1cc2c(cc1OC(C)=O)c(Cc1ccccc1)c1c3c(cc(OC(C)=O)c(OC)c32)CCN1C. The molecule has 0 saturated heterocycles. The second-order valence-corrected chi connectivity index (χ2v) is 9.21. The van der Waals surface area contributed by atoms with Gasteiger partial charge in [0.1, 0.15) is 0 Å². The Balaban J connectivity index is 1.98. The molecule has 0 saturated carbocycles. The van der Waals surface area contributed by atoms with Crippen molar-refractivity contribution < 1.29 is 28.5 Å². The average Bonchev–Trinajstić information content (AvgIpc) is 2.86. The molecule has 1 heterocycles. The Hall–Kier alpha value is -4.26. The molecule has 1 aliphatic heterocycles. The van der Waals surface area contributed by atoms with Crippen LogP contribution in [-0.2, 0) is 22.4 Å². The Kier molecular flexibility index (Phi) is 6.38. The lowest BCUT2D eigenvalue weighted by Crippen LogP contribution is -2.26. The molecule has 0 N–H and O–H groups in total. The maximum absolute atomic E-state index is 12.0. The highest BCUT2D eigenvalue weighted by atomic mass is 16.6. The summed E-state index contributed by atoms with van der Waals surface area (Å²) in [4.78, 5) is 26.1. The van der Waals surface area contributed by atoms with E-state index in [2.05, 4.69) is 24.1 Å². The lowest BCUT2D eigenvalue weighted by molar-refractivity contribution is -0.132. The summed E-state index contributed by atoms with van der Waals surface area (Å²) in [6, 6.07) is 15.9. The number of nitrogens with zero attached hydrogens (tertiary/aromatic N) is 1.